The summed E-state index contributed by atoms with van der Waals surface area (Å²) in [5.41, 5.74) is 2.40. The van der Waals surface area contributed by atoms with E-state index in [9.17, 15) is 9.90 Å². The Morgan fingerprint density at radius 1 is 1.28 bits per heavy atom. The molecule has 2 aromatic rings. The molecule has 1 aliphatic rings. The smallest absolute Gasteiger partial charge is 0.237 e. The van der Waals surface area contributed by atoms with Crippen LogP contribution in [0.2, 0.25) is 0 Å². The molecule has 1 aromatic carbocycles. The van der Waals surface area contributed by atoms with E-state index in [0.29, 0.717) is 26.2 Å². The van der Waals surface area contributed by atoms with Crippen LogP contribution in [0.1, 0.15) is 42.8 Å². The van der Waals surface area contributed by atoms with Crippen molar-refractivity contribution in [2.75, 3.05) is 26.2 Å². The topological polar surface area (TPSA) is 53.0 Å². The molecule has 1 amide bonds. The van der Waals surface area contributed by atoms with Crippen molar-refractivity contribution in [3.8, 4) is 5.75 Å². The van der Waals surface area contributed by atoms with E-state index < -0.39 is 6.10 Å². The van der Waals surface area contributed by atoms with Crippen molar-refractivity contribution < 1.29 is 14.6 Å². The monoisotopic (exact) mass is 416 g/mol. The van der Waals surface area contributed by atoms with Crippen molar-refractivity contribution in [1.29, 1.82) is 0 Å². The van der Waals surface area contributed by atoms with E-state index in [-0.39, 0.29) is 18.0 Å². The Morgan fingerprint density at radius 2 is 2.00 bits per heavy atom. The fraction of sp³-hybridized carbons (Fsp3) is 0.522. The Kier molecular flexibility index (Phi) is 7.33. The highest BCUT2D eigenvalue weighted by Crippen LogP contribution is 2.34. The Balaban J connectivity index is 1.74. The second kappa shape index (κ2) is 9.74. The van der Waals surface area contributed by atoms with Gasteiger partial charge in [0.1, 0.15) is 12.4 Å². The lowest BCUT2D eigenvalue weighted by Gasteiger charge is -2.38. The van der Waals surface area contributed by atoms with Crippen molar-refractivity contribution in [3.63, 3.8) is 0 Å². The maximum absolute atomic E-state index is 13.2. The number of benzene rings is 1. The molecular formula is C23H32N2O3S. The van der Waals surface area contributed by atoms with Gasteiger partial charge in [0, 0.05) is 24.0 Å². The minimum absolute atomic E-state index is 0.0839. The highest BCUT2D eigenvalue weighted by molar-refractivity contribution is 7.10. The number of hydrogen-bond acceptors (Lipinski definition) is 5. The number of aliphatic hydroxyl groups excluding tert-OH is 1. The third kappa shape index (κ3) is 5.59. The van der Waals surface area contributed by atoms with Gasteiger partial charge in [-0.05, 0) is 63.3 Å². The molecule has 0 fully saturated rings. The van der Waals surface area contributed by atoms with Gasteiger partial charge in [0.25, 0.3) is 0 Å². The van der Waals surface area contributed by atoms with Crippen molar-refractivity contribution in [1.82, 2.24) is 9.80 Å². The van der Waals surface area contributed by atoms with Crippen LogP contribution < -0.4 is 4.74 Å². The van der Waals surface area contributed by atoms with Gasteiger partial charge in [-0.25, -0.2) is 0 Å². The number of fused-ring (bicyclic) bond motifs is 1. The van der Waals surface area contributed by atoms with E-state index in [2.05, 4.69) is 32.2 Å². The molecule has 2 atom stereocenters. The summed E-state index contributed by atoms with van der Waals surface area (Å²) in [7, 11) is 0. The van der Waals surface area contributed by atoms with Gasteiger partial charge in [-0.1, -0.05) is 17.7 Å². The summed E-state index contributed by atoms with van der Waals surface area (Å²) in [4.78, 5) is 18.6. The molecule has 158 valence electrons. The van der Waals surface area contributed by atoms with E-state index in [1.807, 2.05) is 34.1 Å². The maximum atomic E-state index is 13.2. The molecule has 0 unspecified atom stereocenters. The molecule has 0 spiro atoms. The van der Waals surface area contributed by atoms with Crippen LogP contribution in [0.25, 0.3) is 0 Å². The average Bonchev–Trinajstić information content (AvgIpc) is 3.15. The van der Waals surface area contributed by atoms with Crippen LogP contribution >= 0.6 is 11.3 Å². The van der Waals surface area contributed by atoms with Crippen molar-refractivity contribution in [3.05, 3.63) is 51.7 Å². The molecule has 1 N–H and O–H groups in total. The van der Waals surface area contributed by atoms with Crippen molar-refractivity contribution >= 4 is 17.2 Å². The molecule has 0 radical (unpaired) electrons. The number of aliphatic hydroxyl groups is 1. The number of thiophene rings is 1. The summed E-state index contributed by atoms with van der Waals surface area (Å²) in [6.45, 7) is 9.87. The standard InChI is InChI=1S/C23H32N2O3S/c1-16(2)24(13-18(4)26)14-23(27)25-11-9-22-20(10-12-29-22)21(25)15-28-19-7-5-17(3)6-8-19/h5-8,10,12,16,18,21,26H,9,11,13-15H2,1-4H3/t18-,21+/m0/s1. The summed E-state index contributed by atoms with van der Waals surface area (Å²) in [6.07, 6.45) is 0.424. The van der Waals surface area contributed by atoms with Gasteiger partial charge in [-0.15, -0.1) is 11.3 Å². The van der Waals surface area contributed by atoms with E-state index >= 15 is 0 Å². The second-order valence-electron chi connectivity index (χ2n) is 8.15. The van der Waals surface area contributed by atoms with Gasteiger partial charge in [-0.3, -0.25) is 9.69 Å². The van der Waals surface area contributed by atoms with Crippen LogP contribution in [0.5, 0.6) is 5.75 Å². The summed E-state index contributed by atoms with van der Waals surface area (Å²) < 4.78 is 6.08. The van der Waals surface area contributed by atoms with Gasteiger partial charge < -0.3 is 14.7 Å². The Hall–Kier alpha value is -1.89. The van der Waals surface area contributed by atoms with Crippen LogP contribution in [-0.4, -0.2) is 59.2 Å². The number of aryl methyl sites for hydroxylation is 1. The average molecular weight is 417 g/mol. The quantitative estimate of drug-likeness (QED) is 0.714. The van der Waals surface area contributed by atoms with Crippen LogP contribution in [0.4, 0.5) is 0 Å². The number of amides is 1. The van der Waals surface area contributed by atoms with E-state index in [1.165, 1.54) is 16.0 Å². The van der Waals surface area contributed by atoms with Gasteiger partial charge in [0.2, 0.25) is 5.91 Å². The first kappa shape index (κ1) is 21.8. The van der Waals surface area contributed by atoms with Crippen molar-refractivity contribution in [2.24, 2.45) is 0 Å². The number of carbonyl (C=O) groups excluding carboxylic acids is 1. The minimum Gasteiger partial charge on any atom is -0.491 e. The fourth-order valence-electron chi connectivity index (χ4n) is 3.75. The zero-order chi connectivity index (χ0) is 21.0. The largest absolute Gasteiger partial charge is 0.491 e. The zero-order valence-corrected chi connectivity index (χ0v) is 18.6. The number of ether oxygens (including phenoxy) is 1. The lowest BCUT2D eigenvalue weighted by Crippen LogP contribution is -2.49. The van der Waals surface area contributed by atoms with Gasteiger partial charge in [0.05, 0.1) is 18.7 Å². The third-order valence-electron chi connectivity index (χ3n) is 5.41. The zero-order valence-electron chi connectivity index (χ0n) is 17.8. The Labute approximate surface area is 177 Å². The summed E-state index contributed by atoms with van der Waals surface area (Å²) in [5.74, 6) is 0.914. The van der Waals surface area contributed by atoms with Gasteiger partial charge in [0.15, 0.2) is 0 Å². The van der Waals surface area contributed by atoms with Crippen LogP contribution in [-0.2, 0) is 11.2 Å². The molecule has 1 aliphatic heterocycles. The first-order chi connectivity index (χ1) is 13.8. The summed E-state index contributed by atoms with van der Waals surface area (Å²) in [5, 5.41) is 11.9. The second-order valence-corrected chi connectivity index (χ2v) is 9.15. The van der Waals surface area contributed by atoms with Crippen molar-refractivity contribution in [2.45, 2.75) is 52.3 Å². The fourth-order valence-corrected chi connectivity index (χ4v) is 4.67. The van der Waals surface area contributed by atoms with Crippen LogP contribution in [0.15, 0.2) is 35.7 Å². The van der Waals surface area contributed by atoms with E-state index in [4.69, 9.17) is 4.74 Å². The van der Waals surface area contributed by atoms with Gasteiger partial charge in [-0.2, -0.15) is 0 Å². The Morgan fingerprint density at radius 3 is 2.66 bits per heavy atom. The number of carbonyl (C=O) groups is 1. The third-order valence-corrected chi connectivity index (χ3v) is 6.41. The highest BCUT2D eigenvalue weighted by Gasteiger charge is 2.33. The normalized spacial score (nSPS) is 17.5. The molecule has 0 saturated heterocycles. The van der Waals surface area contributed by atoms with Crippen LogP contribution in [0.3, 0.4) is 0 Å². The predicted octanol–water partition coefficient (Wildman–Crippen LogP) is 3.65. The molecule has 5 nitrogen and oxygen atoms in total. The van der Waals surface area contributed by atoms with E-state index in [1.54, 1.807) is 18.3 Å². The molecular weight excluding hydrogens is 384 g/mol. The minimum atomic E-state index is -0.462. The molecule has 0 bridgehead atoms. The molecule has 0 saturated carbocycles. The molecule has 0 aliphatic carbocycles. The molecule has 1 aromatic heterocycles. The number of rotatable bonds is 8. The molecule has 6 heteroatoms. The lowest BCUT2D eigenvalue weighted by atomic mass is 10.00. The predicted molar refractivity (Wildman–Crippen MR) is 118 cm³/mol. The lowest BCUT2D eigenvalue weighted by molar-refractivity contribution is -0.136. The van der Waals surface area contributed by atoms with Crippen LogP contribution in [0, 0.1) is 6.92 Å². The number of nitrogens with zero attached hydrogens (tertiary/aromatic N) is 2. The first-order valence-corrected chi connectivity index (χ1v) is 11.2. The van der Waals surface area contributed by atoms with Gasteiger partial charge >= 0.3 is 0 Å². The first-order valence-electron chi connectivity index (χ1n) is 10.3. The summed E-state index contributed by atoms with van der Waals surface area (Å²) in [6, 6.07) is 10.2. The molecule has 3 rings (SSSR count). The summed E-state index contributed by atoms with van der Waals surface area (Å²) >= 11 is 1.76. The van der Waals surface area contributed by atoms with E-state index in [0.717, 1.165) is 12.2 Å². The highest BCUT2D eigenvalue weighted by atomic mass is 32.1. The molecule has 29 heavy (non-hydrogen) atoms. The number of hydrogen-bond donors (Lipinski definition) is 1. The SMILES string of the molecule is Cc1ccc(OC[C@@H]2c3ccsc3CCN2C(=O)CN(C[C@H](C)O)C(C)C)cc1. The Bertz CT molecular complexity index is 801. The maximum Gasteiger partial charge on any atom is 0.237 e. The molecule has 2 heterocycles.